The molecular formula is C14H14FN3O2. The van der Waals surface area contributed by atoms with E-state index < -0.39 is 11.8 Å². The van der Waals surface area contributed by atoms with Crippen LogP contribution in [0.4, 0.5) is 15.8 Å². The number of hydrogen-bond acceptors (Lipinski definition) is 4. The number of nitrogens with two attached hydrogens (primary N) is 1. The van der Waals surface area contributed by atoms with E-state index in [1.165, 1.54) is 6.07 Å². The van der Waals surface area contributed by atoms with Gasteiger partial charge in [0.1, 0.15) is 11.4 Å². The average Bonchev–Trinajstić information content (AvgIpc) is 2.41. The first kappa shape index (κ1) is 13.8. The first-order chi connectivity index (χ1) is 9.50. The highest BCUT2D eigenvalue weighted by molar-refractivity contribution is 6.00. The van der Waals surface area contributed by atoms with Crippen LogP contribution in [0.5, 0.6) is 0 Å². The smallest absolute Gasteiger partial charge is 0.340 e. The fourth-order valence-electron chi connectivity index (χ4n) is 1.84. The lowest BCUT2D eigenvalue weighted by atomic mass is 10.1. The summed E-state index contributed by atoms with van der Waals surface area (Å²) in [6.07, 6.45) is 3.37. The van der Waals surface area contributed by atoms with E-state index in [0.29, 0.717) is 6.54 Å². The molecule has 2 rings (SSSR count). The highest BCUT2D eigenvalue weighted by Gasteiger charge is 2.17. The summed E-state index contributed by atoms with van der Waals surface area (Å²) in [7, 11) is 0. The predicted octanol–water partition coefficient (Wildman–Crippen LogP) is 2.42. The Morgan fingerprint density at radius 3 is 2.85 bits per heavy atom. The average molecular weight is 275 g/mol. The van der Waals surface area contributed by atoms with E-state index >= 15 is 0 Å². The number of aryl methyl sites for hydroxylation is 1. The molecule has 0 unspecified atom stereocenters. The molecule has 104 valence electrons. The summed E-state index contributed by atoms with van der Waals surface area (Å²) in [5, 5.41) is 12.1. The van der Waals surface area contributed by atoms with Gasteiger partial charge in [-0.1, -0.05) is 0 Å². The third-order valence-electron chi connectivity index (χ3n) is 3.02. The molecule has 0 amide bonds. The number of halogens is 1. The van der Waals surface area contributed by atoms with Crippen LogP contribution < -0.4 is 11.1 Å². The standard InChI is InChI=1S/C14H14FN3O2/c1-8-4-5-17-6-9(8)7-18-11-3-2-10(15)13(16)12(11)14(19)20/h2-6,18H,7,16H2,1H3,(H,19,20). The Morgan fingerprint density at radius 1 is 1.45 bits per heavy atom. The summed E-state index contributed by atoms with van der Waals surface area (Å²) in [6, 6.07) is 4.36. The molecule has 0 fully saturated rings. The summed E-state index contributed by atoms with van der Waals surface area (Å²) < 4.78 is 13.3. The number of nitrogens with one attached hydrogen (secondary N) is 1. The summed E-state index contributed by atoms with van der Waals surface area (Å²) in [6.45, 7) is 2.31. The minimum Gasteiger partial charge on any atom is -0.478 e. The first-order valence-electron chi connectivity index (χ1n) is 5.95. The Morgan fingerprint density at radius 2 is 2.20 bits per heavy atom. The van der Waals surface area contributed by atoms with E-state index in [1.807, 2.05) is 13.0 Å². The Kier molecular flexibility index (Phi) is 3.84. The molecule has 0 aliphatic carbocycles. The molecular weight excluding hydrogens is 261 g/mol. The minimum atomic E-state index is -1.27. The van der Waals surface area contributed by atoms with Gasteiger partial charge in [-0.3, -0.25) is 4.98 Å². The minimum absolute atomic E-state index is 0.258. The maximum Gasteiger partial charge on any atom is 0.340 e. The highest BCUT2D eigenvalue weighted by Crippen LogP contribution is 2.25. The van der Waals surface area contributed by atoms with Crippen molar-refractivity contribution in [2.75, 3.05) is 11.1 Å². The van der Waals surface area contributed by atoms with Gasteiger partial charge < -0.3 is 16.2 Å². The van der Waals surface area contributed by atoms with Gasteiger partial charge in [-0.05, 0) is 36.2 Å². The lowest BCUT2D eigenvalue weighted by Gasteiger charge is -2.13. The molecule has 6 heteroatoms. The van der Waals surface area contributed by atoms with Crippen molar-refractivity contribution in [2.45, 2.75) is 13.5 Å². The molecule has 0 saturated carbocycles. The molecule has 2 aromatic rings. The van der Waals surface area contributed by atoms with Crippen LogP contribution in [-0.4, -0.2) is 16.1 Å². The molecule has 0 atom stereocenters. The molecule has 1 aromatic heterocycles. The summed E-state index contributed by atoms with van der Waals surface area (Å²) in [5.41, 5.74) is 7.07. The largest absolute Gasteiger partial charge is 0.478 e. The summed E-state index contributed by atoms with van der Waals surface area (Å²) >= 11 is 0. The van der Waals surface area contributed by atoms with Crippen LogP contribution in [0.25, 0.3) is 0 Å². The zero-order chi connectivity index (χ0) is 14.7. The molecule has 5 nitrogen and oxygen atoms in total. The Labute approximate surface area is 115 Å². The molecule has 1 aromatic carbocycles. The second kappa shape index (κ2) is 5.56. The topological polar surface area (TPSA) is 88.2 Å². The maximum atomic E-state index is 13.3. The number of benzene rings is 1. The molecule has 0 radical (unpaired) electrons. The second-order valence-corrected chi connectivity index (χ2v) is 4.34. The summed E-state index contributed by atoms with van der Waals surface area (Å²) in [4.78, 5) is 15.2. The lowest BCUT2D eigenvalue weighted by Crippen LogP contribution is -2.11. The fourth-order valence-corrected chi connectivity index (χ4v) is 1.84. The van der Waals surface area contributed by atoms with Crippen LogP contribution in [0.15, 0.2) is 30.6 Å². The van der Waals surface area contributed by atoms with Gasteiger partial charge >= 0.3 is 5.97 Å². The highest BCUT2D eigenvalue weighted by atomic mass is 19.1. The van der Waals surface area contributed by atoms with Gasteiger partial charge in [-0.2, -0.15) is 0 Å². The second-order valence-electron chi connectivity index (χ2n) is 4.34. The van der Waals surface area contributed by atoms with Crippen LogP contribution >= 0.6 is 0 Å². The third kappa shape index (κ3) is 2.69. The number of hydrogen-bond donors (Lipinski definition) is 3. The van der Waals surface area contributed by atoms with Gasteiger partial charge in [0.2, 0.25) is 0 Å². The summed E-state index contributed by atoms with van der Waals surface area (Å²) in [5.74, 6) is -2.02. The van der Waals surface area contributed by atoms with Gasteiger partial charge in [-0.15, -0.1) is 0 Å². The number of pyridine rings is 1. The Hall–Kier alpha value is -2.63. The van der Waals surface area contributed by atoms with Crippen molar-refractivity contribution in [3.05, 3.63) is 53.1 Å². The first-order valence-corrected chi connectivity index (χ1v) is 5.95. The van der Waals surface area contributed by atoms with Crippen LogP contribution in [0.1, 0.15) is 21.5 Å². The maximum absolute atomic E-state index is 13.3. The van der Waals surface area contributed by atoms with Crippen molar-refractivity contribution in [3.8, 4) is 0 Å². The molecule has 0 saturated heterocycles. The van der Waals surface area contributed by atoms with Gasteiger partial charge in [0.25, 0.3) is 0 Å². The number of carboxylic acid groups (broad SMARTS) is 1. The molecule has 0 spiro atoms. The SMILES string of the molecule is Cc1ccncc1CNc1ccc(F)c(N)c1C(=O)O. The lowest BCUT2D eigenvalue weighted by molar-refractivity contribution is 0.0698. The number of rotatable bonds is 4. The molecule has 20 heavy (non-hydrogen) atoms. The number of carbonyl (C=O) groups is 1. The molecule has 0 bridgehead atoms. The van der Waals surface area contributed by atoms with Gasteiger partial charge in [0.15, 0.2) is 0 Å². The number of anilines is 2. The number of aromatic carboxylic acids is 1. The number of aromatic nitrogens is 1. The van der Waals surface area contributed by atoms with Crippen LogP contribution in [0, 0.1) is 12.7 Å². The van der Waals surface area contributed by atoms with Gasteiger partial charge in [0.05, 0.1) is 11.4 Å². The van der Waals surface area contributed by atoms with E-state index in [9.17, 15) is 9.18 Å². The molecule has 0 aliphatic rings. The number of nitrogen functional groups attached to an aromatic ring is 1. The predicted molar refractivity (Wildman–Crippen MR) is 74.1 cm³/mol. The zero-order valence-corrected chi connectivity index (χ0v) is 10.9. The Balaban J connectivity index is 2.29. The van der Waals surface area contributed by atoms with Crippen LogP contribution in [0.2, 0.25) is 0 Å². The molecule has 0 aliphatic heterocycles. The van der Waals surface area contributed by atoms with E-state index in [4.69, 9.17) is 10.8 Å². The van der Waals surface area contributed by atoms with E-state index in [0.717, 1.165) is 17.2 Å². The molecule has 1 heterocycles. The van der Waals surface area contributed by atoms with Gasteiger partial charge in [-0.25, -0.2) is 9.18 Å². The van der Waals surface area contributed by atoms with Crippen molar-refractivity contribution in [3.63, 3.8) is 0 Å². The van der Waals surface area contributed by atoms with E-state index in [2.05, 4.69) is 10.3 Å². The zero-order valence-electron chi connectivity index (χ0n) is 10.9. The van der Waals surface area contributed by atoms with Crippen molar-refractivity contribution in [2.24, 2.45) is 0 Å². The monoisotopic (exact) mass is 275 g/mol. The quantitative estimate of drug-likeness (QED) is 0.746. The van der Waals surface area contributed by atoms with Crippen molar-refractivity contribution in [1.29, 1.82) is 0 Å². The van der Waals surface area contributed by atoms with Crippen molar-refractivity contribution >= 4 is 17.3 Å². The molecule has 4 N–H and O–H groups in total. The van der Waals surface area contributed by atoms with Crippen LogP contribution in [0.3, 0.4) is 0 Å². The fraction of sp³-hybridized carbons (Fsp3) is 0.143. The van der Waals surface area contributed by atoms with Crippen molar-refractivity contribution < 1.29 is 14.3 Å². The van der Waals surface area contributed by atoms with E-state index in [1.54, 1.807) is 12.4 Å². The van der Waals surface area contributed by atoms with Crippen molar-refractivity contribution in [1.82, 2.24) is 4.98 Å². The number of nitrogens with zero attached hydrogens (tertiary/aromatic N) is 1. The third-order valence-corrected chi connectivity index (χ3v) is 3.02. The van der Waals surface area contributed by atoms with Gasteiger partial charge in [0, 0.05) is 18.9 Å². The normalized spacial score (nSPS) is 10.3. The van der Waals surface area contributed by atoms with E-state index in [-0.39, 0.29) is 16.9 Å². The van der Waals surface area contributed by atoms with Crippen LogP contribution in [-0.2, 0) is 6.54 Å². The number of carboxylic acids is 1. The Bertz CT molecular complexity index is 659.